The lowest BCUT2D eigenvalue weighted by Crippen LogP contribution is -2.15. The van der Waals surface area contributed by atoms with Crippen LogP contribution in [0.25, 0.3) is 0 Å². The van der Waals surface area contributed by atoms with Gasteiger partial charge in [0.1, 0.15) is 9.61 Å². The van der Waals surface area contributed by atoms with E-state index in [1.165, 1.54) is 0 Å². The van der Waals surface area contributed by atoms with Gasteiger partial charge in [0.15, 0.2) is 0 Å². The van der Waals surface area contributed by atoms with E-state index >= 15 is 0 Å². The molecule has 1 fully saturated rings. The zero-order valence-corrected chi connectivity index (χ0v) is 8.64. The predicted octanol–water partition coefficient (Wildman–Crippen LogP) is 1.38. The van der Waals surface area contributed by atoms with Gasteiger partial charge in [0.05, 0.1) is 25.2 Å². The molecule has 0 saturated carbocycles. The molecule has 0 aliphatic carbocycles. The van der Waals surface area contributed by atoms with Crippen molar-refractivity contribution in [1.82, 2.24) is 4.98 Å². The quantitative estimate of drug-likeness (QED) is 0.818. The molecule has 0 aromatic carbocycles. The average molecular weight is 250 g/mol. The number of aromatic nitrogens is 1. The number of rotatable bonds is 1. The van der Waals surface area contributed by atoms with Crippen LogP contribution >= 0.6 is 27.3 Å². The zero-order valence-electron chi connectivity index (χ0n) is 6.24. The summed E-state index contributed by atoms with van der Waals surface area (Å²) in [7, 11) is 0. The largest absolute Gasteiger partial charge is 0.390 e. The Morgan fingerprint density at radius 2 is 2.50 bits per heavy atom. The van der Waals surface area contributed by atoms with Crippen LogP contribution in [-0.4, -0.2) is 29.4 Å². The topological polar surface area (TPSA) is 42.4 Å². The molecule has 1 aliphatic heterocycles. The Morgan fingerprint density at radius 3 is 3.00 bits per heavy atom. The molecule has 0 amide bonds. The van der Waals surface area contributed by atoms with E-state index in [0.29, 0.717) is 13.2 Å². The third-order valence-electron chi connectivity index (χ3n) is 1.86. The number of aliphatic hydroxyl groups excluding tert-OH is 1. The fraction of sp³-hybridized carbons (Fsp3) is 0.571. The van der Waals surface area contributed by atoms with Gasteiger partial charge in [0.2, 0.25) is 0 Å². The molecule has 0 radical (unpaired) electrons. The van der Waals surface area contributed by atoms with Crippen LogP contribution < -0.4 is 0 Å². The first-order chi connectivity index (χ1) is 5.77. The van der Waals surface area contributed by atoms with Crippen molar-refractivity contribution in [3.63, 3.8) is 0 Å². The predicted molar refractivity (Wildman–Crippen MR) is 49.4 cm³/mol. The summed E-state index contributed by atoms with van der Waals surface area (Å²) in [6.07, 6.45) is -0.386. The van der Waals surface area contributed by atoms with Crippen LogP contribution in [0.2, 0.25) is 0 Å². The Morgan fingerprint density at radius 1 is 1.67 bits per heavy atom. The van der Waals surface area contributed by atoms with Gasteiger partial charge in [0.25, 0.3) is 0 Å². The van der Waals surface area contributed by atoms with Crippen molar-refractivity contribution in [3.05, 3.63) is 15.0 Å². The number of ether oxygens (including phenoxy) is 1. The lowest BCUT2D eigenvalue weighted by Gasteiger charge is -2.07. The Labute approximate surface area is 82.5 Å². The van der Waals surface area contributed by atoms with Crippen LogP contribution in [0.1, 0.15) is 10.9 Å². The summed E-state index contributed by atoms with van der Waals surface area (Å²) in [6.45, 7) is 1.02. The number of halogens is 1. The number of thiazole rings is 1. The molecule has 66 valence electrons. The Hall–Kier alpha value is 0.0300. The summed E-state index contributed by atoms with van der Waals surface area (Å²) in [5.41, 5.74) is 0. The Kier molecular flexibility index (Phi) is 2.45. The van der Waals surface area contributed by atoms with E-state index in [4.69, 9.17) is 4.74 Å². The fourth-order valence-corrected chi connectivity index (χ4v) is 2.63. The molecule has 1 aromatic rings. The van der Waals surface area contributed by atoms with E-state index in [1.807, 2.05) is 5.38 Å². The molecule has 1 N–H and O–H groups in total. The Bertz CT molecular complexity index is 278. The highest BCUT2D eigenvalue weighted by Gasteiger charge is 2.29. The lowest BCUT2D eigenvalue weighted by atomic mass is 10.1. The summed E-state index contributed by atoms with van der Waals surface area (Å²) in [6, 6.07) is 0. The molecule has 0 bridgehead atoms. The molecule has 0 unspecified atom stereocenters. The second kappa shape index (κ2) is 3.41. The van der Waals surface area contributed by atoms with E-state index in [-0.39, 0.29) is 12.0 Å². The molecule has 1 aliphatic rings. The van der Waals surface area contributed by atoms with E-state index in [0.717, 1.165) is 9.61 Å². The molecule has 1 saturated heterocycles. The van der Waals surface area contributed by atoms with Crippen LogP contribution in [0.3, 0.4) is 0 Å². The average Bonchev–Trinajstić information content (AvgIpc) is 2.58. The molecule has 0 spiro atoms. The second-order valence-corrected chi connectivity index (χ2v) is 4.42. The Balaban J connectivity index is 2.19. The van der Waals surface area contributed by atoms with Crippen molar-refractivity contribution in [2.75, 3.05) is 13.2 Å². The van der Waals surface area contributed by atoms with Crippen LogP contribution in [0.15, 0.2) is 9.98 Å². The van der Waals surface area contributed by atoms with Crippen molar-refractivity contribution in [3.8, 4) is 0 Å². The van der Waals surface area contributed by atoms with Crippen LogP contribution in [0.4, 0.5) is 0 Å². The van der Waals surface area contributed by atoms with Crippen molar-refractivity contribution >= 4 is 27.3 Å². The molecular formula is C7H8BrNO2S. The second-order valence-electron chi connectivity index (χ2n) is 2.72. The van der Waals surface area contributed by atoms with Crippen molar-refractivity contribution in [2.45, 2.75) is 12.0 Å². The maximum Gasteiger partial charge on any atom is 0.117 e. The van der Waals surface area contributed by atoms with Crippen LogP contribution in [0.5, 0.6) is 0 Å². The van der Waals surface area contributed by atoms with E-state index in [2.05, 4.69) is 20.9 Å². The number of aliphatic hydroxyl groups is 1. The number of hydrogen-bond acceptors (Lipinski definition) is 4. The minimum absolute atomic E-state index is 0.0706. The molecule has 2 rings (SSSR count). The van der Waals surface area contributed by atoms with Gasteiger partial charge in [-0.05, 0) is 15.9 Å². The van der Waals surface area contributed by atoms with Crippen molar-refractivity contribution in [1.29, 1.82) is 0 Å². The van der Waals surface area contributed by atoms with E-state index in [9.17, 15) is 5.11 Å². The van der Waals surface area contributed by atoms with Gasteiger partial charge in [-0.2, -0.15) is 0 Å². The molecular weight excluding hydrogens is 242 g/mol. The first-order valence-corrected chi connectivity index (χ1v) is 5.31. The first-order valence-electron chi connectivity index (χ1n) is 3.64. The molecule has 1 aromatic heterocycles. The summed E-state index contributed by atoms with van der Waals surface area (Å²) >= 11 is 4.83. The minimum Gasteiger partial charge on any atom is -0.390 e. The van der Waals surface area contributed by atoms with Crippen molar-refractivity contribution < 1.29 is 9.84 Å². The highest BCUT2D eigenvalue weighted by atomic mass is 79.9. The standard InChI is InChI=1S/C7H8BrNO2S/c8-6-3-12-7(9-6)4-1-11-2-5(4)10/h3-5,10H,1-2H2/t4-,5-/m1/s1. The fourth-order valence-electron chi connectivity index (χ4n) is 1.22. The van der Waals surface area contributed by atoms with Gasteiger partial charge in [-0.3, -0.25) is 0 Å². The lowest BCUT2D eigenvalue weighted by molar-refractivity contribution is 0.124. The highest BCUT2D eigenvalue weighted by molar-refractivity contribution is 9.10. The highest BCUT2D eigenvalue weighted by Crippen LogP contribution is 2.29. The zero-order chi connectivity index (χ0) is 8.55. The third kappa shape index (κ3) is 1.54. The number of nitrogens with zero attached hydrogens (tertiary/aromatic N) is 1. The van der Waals surface area contributed by atoms with Gasteiger partial charge >= 0.3 is 0 Å². The smallest absolute Gasteiger partial charge is 0.117 e. The number of hydrogen-bond donors (Lipinski definition) is 1. The van der Waals surface area contributed by atoms with E-state index in [1.54, 1.807) is 11.3 Å². The first kappa shape index (κ1) is 8.62. The van der Waals surface area contributed by atoms with Crippen LogP contribution in [0, 0.1) is 0 Å². The summed E-state index contributed by atoms with van der Waals surface area (Å²) in [5, 5.41) is 12.3. The molecule has 3 nitrogen and oxygen atoms in total. The normalized spacial score (nSPS) is 29.5. The molecule has 2 atom stereocenters. The molecule has 2 heterocycles. The van der Waals surface area contributed by atoms with Gasteiger partial charge in [-0.1, -0.05) is 0 Å². The van der Waals surface area contributed by atoms with Gasteiger partial charge in [0, 0.05) is 5.38 Å². The summed E-state index contributed by atoms with van der Waals surface area (Å²) in [5.74, 6) is 0.0706. The third-order valence-corrected chi connectivity index (χ3v) is 3.55. The SMILES string of the molecule is O[C@@H]1COC[C@H]1c1nc(Br)cs1. The summed E-state index contributed by atoms with van der Waals surface area (Å²) in [4.78, 5) is 4.24. The maximum absolute atomic E-state index is 9.48. The van der Waals surface area contributed by atoms with Gasteiger partial charge in [-0.15, -0.1) is 11.3 Å². The maximum atomic E-state index is 9.48. The van der Waals surface area contributed by atoms with E-state index < -0.39 is 0 Å². The molecule has 5 heteroatoms. The monoisotopic (exact) mass is 249 g/mol. The van der Waals surface area contributed by atoms with Crippen molar-refractivity contribution in [2.24, 2.45) is 0 Å². The van der Waals surface area contributed by atoms with Gasteiger partial charge in [-0.25, -0.2) is 4.98 Å². The van der Waals surface area contributed by atoms with Gasteiger partial charge < -0.3 is 9.84 Å². The molecule has 12 heavy (non-hydrogen) atoms. The summed E-state index contributed by atoms with van der Waals surface area (Å²) < 4.78 is 5.97. The minimum atomic E-state index is -0.386. The van der Waals surface area contributed by atoms with Crippen LogP contribution in [-0.2, 0) is 4.74 Å².